The first-order valence-corrected chi connectivity index (χ1v) is 12.5. The number of alkyl carbamates (subject to hydrolysis) is 1. The summed E-state index contributed by atoms with van der Waals surface area (Å²) in [5, 5.41) is 12.0. The van der Waals surface area contributed by atoms with Crippen molar-refractivity contribution >= 4 is 18.0 Å². The Morgan fingerprint density at radius 3 is 2.29 bits per heavy atom. The monoisotopic (exact) mass is 478 g/mol. The standard InChI is InChI=1S/C28H34N2O5/c1-3-30(18(2)14-27(32)33)26(31)16-19-12-13-20(15-19)29-28(34)35-17-25-23-10-6-4-8-21(23)22-9-5-7-11-24(22)25/h4-11,18-20,25H,3,12-17H2,1-2H3,(H,29,34)(H,32,33)/t18?,19-,20+/m0/s1. The number of carboxylic acid groups (broad SMARTS) is 1. The van der Waals surface area contributed by atoms with Crippen LogP contribution in [0.2, 0.25) is 0 Å². The number of aliphatic carboxylic acids is 1. The van der Waals surface area contributed by atoms with Gasteiger partial charge >= 0.3 is 12.1 Å². The topological polar surface area (TPSA) is 95.9 Å². The van der Waals surface area contributed by atoms with Crippen LogP contribution in [0.4, 0.5) is 4.79 Å². The van der Waals surface area contributed by atoms with E-state index in [2.05, 4.69) is 29.6 Å². The Kier molecular flexibility index (Phi) is 7.73. The number of rotatable bonds is 9. The van der Waals surface area contributed by atoms with Crippen LogP contribution in [0.15, 0.2) is 48.5 Å². The van der Waals surface area contributed by atoms with Crippen LogP contribution in [0, 0.1) is 5.92 Å². The summed E-state index contributed by atoms with van der Waals surface area (Å²) in [4.78, 5) is 38.0. The van der Waals surface area contributed by atoms with Crippen LogP contribution in [-0.2, 0) is 14.3 Å². The minimum Gasteiger partial charge on any atom is -0.481 e. The van der Waals surface area contributed by atoms with Gasteiger partial charge < -0.3 is 20.1 Å². The molecule has 2 aliphatic rings. The minimum absolute atomic E-state index is 0.0185. The third kappa shape index (κ3) is 5.66. The molecule has 2 amide bonds. The van der Waals surface area contributed by atoms with Crippen molar-refractivity contribution in [2.24, 2.45) is 5.92 Å². The smallest absolute Gasteiger partial charge is 0.407 e. The SMILES string of the molecule is CCN(C(=O)C[C@H]1CC[C@@H](NC(=O)OCC2c3ccccc3-c3ccccc32)C1)C(C)CC(=O)O. The van der Waals surface area contributed by atoms with Crippen molar-refractivity contribution in [1.82, 2.24) is 10.2 Å². The van der Waals surface area contributed by atoms with Gasteiger partial charge in [0.2, 0.25) is 5.91 Å². The number of nitrogens with zero attached hydrogens (tertiary/aromatic N) is 1. The number of fused-ring (bicyclic) bond motifs is 3. The van der Waals surface area contributed by atoms with Crippen LogP contribution in [0.25, 0.3) is 11.1 Å². The molecule has 0 aromatic heterocycles. The molecule has 0 spiro atoms. The Morgan fingerprint density at radius 2 is 1.69 bits per heavy atom. The van der Waals surface area contributed by atoms with Gasteiger partial charge in [-0.1, -0.05) is 48.5 Å². The molecule has 0 saturated heterocycles. The van der Waals surface area contributed by atoms with Gasteiger partial charge in [0.25, 0.3) is 0 Å². The van der Waals surface area contributed by atoms with Gasteiger partial charge in [0.05, 0.1) is 6.42 Å². The van der Waals surface area contributed by atoms with E-state index in [-0.39, 0.29) is 42.9 Å². The highest BCUT2D eigenvalue weighted by atomic mass is 16.5. The third-order valence-electron chi connectivity index (χ3n) is 7.33. The van der Waals surface area contributed by atoms with Gasteiger partial charge in [-0.15, -0.1) is 0 Å². The number of benzene rings is 2. The molecule has 1 unspecified atom stereocenters. The van der Waals surface area contributed by atoms with E-state index in [4.69, 9.17) is 9.84 Å². The highest BCUT2D eigenvalue weighted by Crippen LogP contribution is 2.44. The van der Waals surface area contributed by atoms with Crippen LogP contribution in [-0.4, -0.2) is 53.2 Å². The number of ether oxygens (including phenoxy) is 1. The van der Waals surface area contributed by atoms with Gasteiger partial charge in [0, 0.05) is 31.0 Å². The summed E-state index contributed by atoms with van der Waals surface area (Å²) < 4.78 is 5.66. The van der Waals surface area contributed by atoms with E-state index in [1.165, 1.54) is 22.3 Å². The number of amides is 2. The minimum atomic E-state index is -0.906. The van der Waals surface area contributed by atoms with Crippen molar-refractivity contribution in [3.63, 3.8) is 0 Å². The zero-order valence-electron chi connectivity index (χ0n) is 20.4. The van der Waals surface area contributed by atoms with Crippen LogP contribution < -0.4 is 5.32 Å². The first-order chi connectivity index (χ1) is 16.9. The highest BCUT2D eigenvalue weighted by Gasteiger charge is 2.32. The molecule has 0 aliphatic heterocycles. The van der Waals surface area contributed by atoms with Gasteiger partial charge in [-0.3, -0.25) is 9.59 Å². The second-order valence-corrected chi connectivity index (χ2v) is 9.68. The molecule has 2 aliphatic carbocycles. The summed E-state index contributed by atoms with van der Waals surface area (Å²) in [7, 11) is 0. The fraction of sp³-hybridized carbons (Fsp3) is 0.464. The van der Waals surface area contributed by atoms with Gasteiger partial charge in [0.1, 0.15) is 6.61 Å². The van der Waals surface area contributed by atoms with E-state index in [9.17, 15) is 14.4 Å². The maximum Gasteiger partial charge on any atom is 0.407 e. The first kappa shape index (κ1) is 24.8. The lowest BCUT2D eigenvalue weighted by Crippen LogP contribution is -2.40. The van der Waals surface area contributed by atoms with E-state index in [1.807, 2.05) is 31.2 Å². The zero-order valence-corrected chi connectivity index (χ0v) is 20.4. The van der Waals surface area contributed by atoms with Crippen LogP contribution >= 0.6 is 0 Å². The number of carbonyl (C=O) groups is 3. The normalized spacial score (nSPS) is 19.5. The van der Waals surface area contributed by atoms with Crippen molar-refractivity contribution in [1.29, 1.82) is 0 Å². The predicted octanol–water partition coefficient (Wildman–Crippen LogP) is 4.80. The maximum atomic E-state index is 12.8. The predicted molar refractivity (Wildman–Crippen MR) is 133 cm³/mol. The summed E-state index contributed by atoms with van der Waals surface area (Å²) in [6, 6.07) is 16.1. The number of carbonyl (C=O) groups excluding carboxylic acids is 2. The van der Waals surface area contributed by atoms with Crippen molar-refractivity contribution in [3.05, 3.63) is 59.7 Å². The lowest BCUT2D eigenvalue weighted by atomic mass is 9.98. The average Bonchev–Trinajstić information content (AvgIpc) is 3.39. The Morgan fingerprint density at radius 1 is 1.06 bits per heavy atom. The van der Waals surface area contributed by atoms with E-state index in [0.717, 1.165) is 19.3 Å². The molecule has 7 nitrogen and oxygen atoms in total. The fourth-order valence-electron chi connectivity index (χ4n) is 5.66. The molecule has 35 heavy (non-hydrogen) atoms. The molecular formula is C28H34N2O5. The molecule has 3 atom stereocenters. The zero-order chi connectivity index (χ0) is 24.9. The summed E-state index contributed by atoms with van der Waals surface area (Å²) in [6.07, 6.45) is 2.27. The Labute approximate surface area is 206 Å². The van der Waals surface area contributed by atoms with Crippen molar-refractivity contribution < 1.29 is 24.2 Å². The van der Waals surface area contributed by atoms with Crippen LogP contribution in [0.3, 0.4) is 0 Å². The number of nitrogens with one attached hydrogen (secondary N) is 1. The first-order valence-electron chi connectivity index (χ1n) is 12.5. The fourth-order valence-corrected chi connectivity index (χ4v) is 5.66. The number of hydrogen-bond donors (Lipinski definition) is 2. The van der Waals surface area contributed by atoms with E-state index < -0.39 is 12.1 Å². The maximum absolute atomic E-state index is 12.8. The quantitative estimate of drug-likeness (QED) is 0.540. The molecule has 0 heterocycles. The third-order valence-corrected chi connectivity index (χ3v) is 7.33. The molecule has 1 fully saturated rings. The summed E-state index contributed by atoms with van der Waals surface area (Å²) in [6.45, 7) is 4.40. The second kappa shape index (κ2) is 10.9. The molecule has 186 valence electrons. The Bertz CT molecular complexity index is 1040. The van der Waals surface area contributed by atoms with Gasteiger partial charge in [-0.05, 0) is 61.3 Å². The van der Waals surface area contributed by atoms with Crippen LogP contribution in [0.5, 0.6) is 0 Å². The molecule has 1 saturated carbocycles. The summed E-state index contributed by atoms with van der Waals surface area (Å²) in [5.41, 5.74) is 4.75. The van der Waals surface area contributed by atoms with Crippen molar-refractivity contribution in [3.8, 4) is 11.1 Å². The van der Waals surface area contributed by atoms with E-state index >= 15 is 0 Å². The molecule has 0 bridgehead atoms. The molecule has 4 rings (SSSR count). The molecular weight excluding hydrogens is 444 g/mol. The van der Waals surface area contributed by atoms with Gasteiger partial charge in [-0.2, -0.15) is 0 Å². The lowest BCUT2D eigenvalue weighted by Gasteiger charge is -2.28. The largest absolute Gasteiger partial charge is 0.481 e. The average molecular weight is 479 g/mol. The second-order valence-electron chi connectivity index (χ2n) is 9.68. The lowest BCUT2D eigenvalue weighted by molar-refractivity contribution is -0.140. The molecule has 0 radical (unpaired) electrons. The molecule has 7 heteroatoms. The van der Waals surface area contributed by atoms with Crippen molar-refractivity contribution in [2.75, 3.05) is 13.2 Å². The molecule has 2 aromatic carbocycles. The molecule has 2 aromatic rings. The van der Waals surface area contributed by atoms with Gasteiger partial charge in [-0.25, -0.2) is 4.79 Å². The van der Waals surface area contributed by atoms with Crippen LogP contribution in [0.1, 0.15) is 63.0 Å². The summed E-state index contributed by atoms with van der Waals surface area (Å²) in [5.74, 6) is -0.729. The molecule has 2 N–H and O–H groups in total. The van der Waals surface area contributed by atoms with Crippen molar-refractivity contribution in [2.45, 2.75) is 64.0 Å². The van der Waals surface area contributed by atoms with Gasteiger partial charge in [0.15, 0.2) is 0 Å². The summed E-state index contributed by atoms with van der Waals surface area (Å²) >= 11 is 0. The van der Waals surface area contributed by atoms with E-state index in [1.54, 1.807) is 11.8 Å². The Hall–Kier alpha value is -3.35. The number of carboxylic acids is 1. The van der Waals surface area contributed by atoms with E-state index in [0.29, 0.717) is 13.0 Å². The number of hydrogen-bond acceptors (Lipinski definition) is 4. The highest BCUT2D eigenvalue weighted by molar-refractivity contribution is 5.79. The Balaban J connectivity index is 1.27.